The molecule has 2 aromatic carbocycles. The second-order valence-electron chi connectivity index (χ2n) is 7.47. The van der Waals surface area contributed by atoms with Gasteiger partial charge in [-0.15, -0.1) is 0 Å². The lowest BCUT2D eigenvalue weighted by atomic mass is 9.93. The Hall–Kier alpha value is -3.07. The second kappa shape index (κ2) is 9.60. The quantitative estimate of drug-likeness (QED) is 0.385. The molecular weight excluding hydrogens is 416 g/mol. The van der Waals surface area contributed by atoms with Crippen LogP contribution in [0.15, 0.2) is 48.5 Å². The summed E-state index contributed by atoms with van der Waals surface area (Å²) in [4.78, 5) is 10.2. The number of hydrogen-bond acceptors (Lipinski definition) is 6. The SMILES string of the molecule is CCOc1c(N2CO2)cc(C(CNCO)c2ccccc2)nc1-c1cc(C)c(F)cc1F. The minimum Gasteiger partial charge on any atom is -0.489 e. The van der Waals surface area contributed by atoms with Gasteiger partial charge in [0, 0.05) is 24.1 Å². The Kier molecular flexibility index (Phi) is 6.64. The first-order valence-electron chi connectivity index (χ1n) is 10.4. The molecule has 32 heavy (non-hydrogen) atoms. The van der Waals surface area contributed by atoms with E-state index in [1.165, 1.54) is 6.07 Å². The summed E-state index contributed by atoms with van der Waals surface area (Å²) < 4.78 is 34.7. The summed E-state index contributed by atoms with van der Waals surface area (Å²) in [6.45, 7) is 4.33. The van der Waals surface area contributed by atoms with Crippen LogP contribution >= 0.6 is 0 Å². The largest absolute Gasteiger partial charge is 0.489 e. The van der Waals surface area contributed by atoms with E-state index in [0.29, 0.717) is 42.6 Å². The molecular formula is C24H25F2N3O3. The Morgan fingerprint density at radius 2 is 1.94 bits per heavy atom. The van der Waals surface area contributed by atoms with Crippen LogP contribution in [0.5, 0.6) is 5.75 Å². The van der Waals surface area contributed by atoms with E-state index in [2.05, 4.69) is 5.32 Å². The zero-order valence-electron chi connectivity index (χ0n) is 17.9. The molecule has 3 aromatic rings. The monoisotopic (exact) mass is 441 g/mol. The molecule has 1 aromatic heterocycles. The third kappa shape index (κ3) is 4.57. The predicted octanol–water partition coefficient (Wildman–Crippen LogP) is 4.11. The lowest BCUT2D eigenvalue weighted by Crippen LogP contribution is -2.24. The Balaban J connectivity index is 1.93. The molecule has 0 aliphatic carbocycles. The minimum absolute atomic E-state index is 0.152. The summed E-state index contributed by atoms with van der Waals surface area (Å²) in [5.41, 5.74) is 2.98. The maximum absolute atomic E-state index is 14.9. The molecule has 6 nitrogen and oxygen atoms in total. The molecule has 2 N–H and O–H groups in total. The summed E-state index contributed by atoms with van der Waals surface area (Å²) >= 11 is 0. The molecule has 0 saturated carbocycles. The smallest absolute Gasteiger partial charge is 0.171 e. The molecule has 1 unspecified atom stereocenters. The van der Waals surface area contributed by atoms with Gasteiger partial charge < -0.3 is 9.84 Å². The number of anilines is 1. The highest BCUT2D eigenvalue weighted by Crippen LogP contribution is 2.43. The topological polar surface area (TPSA) is 69.9 Å². The van der Waals surface area contributed by atoms with Crippen molar-refractivity contribution in [2.24, 2.45) is 0 Å². The number of aliphatic hydroxyl groups is 1. The van der Waals surface area contributed by atoms with Gasteiger partial charge in [-0.1, -0.05) is 30.3 Å². The van der Waals surface area contributed by atoms with Crippen molar-refractivity contribution in [1.82, 2.24) is 10.3 Å². The van der Waals surface area contributed by atoms with Gasteiger partial charge in [-0.3, -0.25) is 5.32 Å². The highest BCUT2D eigenvalue weighted by molar-refractivity contribution is 5.77. The van der Waals surface area contributed by atoms with Crippen LogP contribution in [0.3, 0.4) is 0 Å². The van der Waals surface area contributed by atoms with Crippen LogP contribution in [0.4, 0.5) is 14.5 Å². The number of aryl methyl sites for hydroxylation is 1. The summed E-state index contributed by atoms with van der Waals surface area (Å²) in [6.07, 6.45) is 0. The fourth-order valence-electron chi connectivity index (χ4n) is 3.67. The Morgan fingerprint density at radius 3 is 2.59 bits per heavy atom. The minimum atomic E-state index is -0.721. The fraction of sp³-hybridized carbons (Fsp3) is 0.292. The molecule has 0 amide bonds. The number of aliphatic hydroxyl groups excluding tert-OH is 1. The highest BCUT2D eigenvalue weighted by Gasteiger charge is 2.31. The molecule has 1 aliphatic heterocycles. The predicted molar refractivity (Wildman–Crippen MR) is 117 cm³/mol. The first-order chi connectivity index (χ1) is 15.5. The number of benzene rings is 2. The van der Waals surface area contributed by atoms with Crippen LogP contribution in [-0.4, -0.2) is 36.7 Å². The maximum atomic E-state index is 14.9. The first-order valence-corrected chi connectivity index (χ1v) is 10.4. The van der Waals surface area contributed by atoms with Crippen molar-refractivity contribution in [1.29, 1.82) is 0 Å². The van der Waals surface area contributed by atoms with Crippen LogP contribution in [0.1, 0.15) is 29.7 Å². The van der Waals surface area contributed by atoms with Gasteiger partial charge in [0.2, 0.25) is 0 Å². The summed E-state index contributed by atoms with van der Waals surface area (Å²) in [7, 11) is 0. The fourth-order valence-corrected chi connectivity index (χ4v) is 3.67. The summed E-state index contributed by atoms with van der Waals surface area (Å²) in [5.74, 6) is -1.20. The molecule has 0 radical (unpaired) electrons. The number of halogens is 2. The van der Waals surface area contributed by atoms with Gasteiger partial charge in [0.15, 0.2) is 12.5 Å². The van der Waals surface area contributed by atoms with E-state index in [9.17, 15) is 13.9 Å². The zero-order valence-corrected chi connectivity index (χ0v) is 17.9. The third-order valence-corrected chi connectivity index (χ3v) is 5.31. The van der Waals surface area contributed by atoms with Gasteiger partial charge in [-0.2, -0.15) is 0 Å². The van der Waals surface area contributed by atoms with Crippen molar-refractivity contribution < 1.29 is 23.5 Å². The van der Waals surface area contributed by atoms with Crippen molar-refractivity contribution in [2.75, 3.05) is 31.7 Å². The molecule has 0 bridgehead atoms. The third-order valence-electron chi connectivity index (χ3n) is 5.31. The Morgan fingerprint density at radius 1 is 1.19 bits per heavy atom. The van der Waals surface area contributed by atoms with Crippen LogP contribution in [0, 0.1) is 18.6 Å². The lowest BCUT2D eigenvalue weighted by molar-refractivity contribution is 0.259. The van der Waals surface area contributed by atoms with Crippen molar-refractivity contribution in [3.63, 3.8) is 0 Å². The van der Waals surface area contributed by atoms with E-state index < -0.39 is 11.6 Å². The molecule has 1 atom stereocenters. The highest BCUT2D eigenvalue weighted by atomic mass is 19.1. The number of hydrogen-bond donors (Lipinski definition) is 2. The van der Waals surface area contributed by atoms with Gasteiger partial charge in [0.1, 0.15) is 23.0 Å². The van der Waals surface area contributed by atoms with Gasteiger partial charge in [0.25, 0.3) is 0 Å². The number of rotatable bonds is 9. The standard InChI is InChI=1S/C24H25F2N3O3/c1-3-31-24-22(29-14-32-29)11-21(18(12-27-13-30)16-7-5-4-6-8-16)28-23(24)17-9-15(2)19(25)10-20(17)26/h4-11,18,27,30H,3,12-14H2,1-2H3. The van der Waals surface area contributed by atoms with Gasteiger partial charge in [-0.05, 0) is 37.1 Å². The normalized spacial score (nSPS) is 13.8. The first kappa shape index (κ1) is 22.1. The van der Waals surface area contributed by atoms with Gasteiger partial charge in [-0.25, -0.2) is 23.7 Å². The Labute approximate surface area is 185 Å². The van der Waals surface area contributed by atoms with Crippen LogP contribution in [0.2, 0.25) is 0 Å². The van der Waals surface area contributed by atoms with E-state index >= 15 is 0 Å². The summed E-state index contributed by atoms with van der Waals surface area (Å²) in [5, 5.41) is 13.9. The van der Waals surface area contributed by atoms with Crippen molar-refractivity contribution in [2.45, 2.75) is 19.8 Å². The maximum Gasteiger partial charge on any atom is 0.171 e. The van der Waals surface area contributed by atoms with E-state index in [4.69, 9.17) is 14.6 Å². The molecule has 168 valence electrons. The van der Waals surface area contributed by atoms with E-state index in [1.54, 1.807) is 12.0 Å². The van der Waals surface area contributed by atoms with Crippen LogP contribution < -0.4 is 15.1 Å². The van der Waals surface area contributed by atoms with Gasteiger partial charge in [0.05, 0.1) is 19.0 Å². The Bertz CT molecular complexity index is 1090. The average molecular weight is 441 g/mol. The van der Waals surface area contributed by atoms with Crippen molar-refractivity contribution in [3.8, 4) is 17.0 Å². The number of nitrogens with zero attached hydrogens (tertiary/aromatic N) is 2. The molecule has 1 saturated heterocycles. The molecule has 2 heterocycles. The van der Waals surface area contributed by atoms with Crippen molar-refractivity contribution >= 4 is 5.69 Å². The van der Waals surface area contributed by atoms with Crippen LogP contribution in [0.25, 0.3) is 11.3 Å². The molecule has 8 heteroatoms. The number of aromatic nitrogens is 1. The zero-order chi connectivity index (χ0) is 22.7. The molecule has 1 fully saturated rings. The number of ether oxygens (including phenoxy) is 1. The molecule has 4 rings (SSSR count). The van der Waals surface area contributed by atoms with E-state index in [0.717, 1.165) is 11.6 Å². The number of nitrogens with one attached hydrogen (secondary N) is 1. The van der Waals surface area contributed by atoms with Crippen molar-refractivity contribution in [3.05, 3.63) is 77.0 Å². The average Bonchev–Trinajstić information content (AvgIpc) is 3.63. The molecule has 1 aliphatic rings. The second-order valence-corrected chi connectivity index (χ2v) is 7.47. The summed E-state index contributed by atoms with van der Waals surface area (Å²) in [6, 6.07) is 13.9. The van der Waals surface area contributed by atoms with Gasteiger partial charge >= 0.3 is 0 Å². The van der Waals surface area contributed by atoms with Crippen LogP contribution in [-0.2, 0) is 4.84 Å². The lowest BCUT2D eigenvalue weighted by Gasteiger charge is -2.22. The van der Waals surface area contributed by atoms with E-state index in [1.807, 2.05) is 43.3 Å². The number of hydroxylamine groups is 1. The molecule has 0 spiro atoms. The number of pyridine rings is 1. The van der Waals surface area contributed by atoms with E-state index in [-0.39, 0.29) is 23.9 Å².